The van der Waals surface area contributed by atoms with Gasteiger partial charge in [0.25, 0.3) is 0 Å². The molecule has 1 N–H and O–H groups in total. The number of hydrogen-bond acceptors (Lipinski definition) is 5. The molecule has 3 fully saturated rings. The van der Waals surface area contributed by atoms with Gasteiger partial charge in [0.05, 0.1) is 36.9 Å². The van der Waals surface area contributed by atoms with Gasteiger partial charge in [-0.05, 0) is 63.3 Å². The van der Waals surface area contributed by atoms with Crippen LogP contribution in [-0.4, -0.2) is 53.5 Å². The lowest BCUT2D eigenvalue weighted by Crippen LogP contribution is -2.51. The first kappa shape index (κ1) is 28.1. The van der Waals surface area contributed by atoms with Crippen LogP contribution in [0.15, 0.2) is 35.4 Å². The highest BCUT2D eigenvalue weighted by molar-refractivity contribution is 7.92. The molecule has 0 unspecified atom stereocenters. The predicted octanol–water partition coefficient (Wildman–Crippen LogP) is 4.69. The van der Waals surface area contributed by atoms with Gasteiger partial charge < -0.3 is 10.2 Å². The Morgan fingerprint density at radius 2 is 1.79 bits per heavy atom. The molecule has 0 spiro atoms. The maximum absolute atomic E-state index is 14.8. The molecule has 14 heteroatoms. The summed E-state index contributed by atoms with van der Waals surface area (Å²) in [4.78, 5) is 31.5. The molecule has 7 nitrogen and oxygen atoms in total. The molecule has 2 aliphatic carbocycles. The van der Waals surface area contributed by atoms with E-state index >= 15 is 0 Å². The Labute approximate surface area is 231 Å². The number of aromatic nitrogens is 1. The molecule has 39 heavy (non-hydrogen) atoms. The molecule has 3 aliphatic rings. The number of likely N-dealkylation sites (tertiary alicyclic amines) is 1. The van der Waals surface area contributed by atoms with Crippen molar-refractivity contribution in [3.05, 3.63) is 57.6 Å². The number of benzene rings is 1. The van der Waals surface area contributed by atoms with Gasteiger partial charge in [-0.25, -0.2) is 12.8 Å². The number of pyridine rings is 1. The fourth-order valence-electron chi connectivity index (χ4n) is 4.98. The molecule has 5 rings (SSSR count). The fourth-order valence-corrected chi connectivity index (χ4v) is 7.35. The van der Waals surface area contributed by atoms with Crippen LogP contribution in [0.3, 0.4) is 0 Å². The van der Waals surface area contributed by atoms with Gasteiger partial charge >= 0.3 is 6.18 Å². The van der Waals surface area contributed by atoms with Crippen LogP contribution in [0.4, 0.5) is 17.6 Å². The van der Waals surface area contributed by atoms with E-state index in [1.54, 1.807) is 6.92 Å². The number of hydrogen-bond donors (Lipinski definition) is 1. The monoisotopic (exact) mass is 607 g/mol. The number of carbonyl (C=O) groups is 2. The third-order valence-electron chi connectivity index (χ3n) is 7.68. The molecule has 1 saturated heterocycles. The summed E-state index contributed by atoms with van der Waals surface area (Å²) >= 11 is 11.8. The van der Waals surface area contributed by atoms with Gasteiger partial charge in [-0.1, -0.05) is 23.2 Å². The van der Waals surface area contributed by atoms with E-state index in [0.29, 0.717) is 25.0 Å². The summed E-state index contributed by atoms with van der Waals surface area (Å²) in [7, 11) is -4.53. The van der Waals surface area contributed by atoms with Crippen LogP contribution in [-0.2, 0) is 31.0 Å². The first-order chi connectivity index (χ1) is 18.1. The number of alkyl halides is 3. The minimum absolute atomic E-state index is 0.0275. The number of amides is 2. The molecular weight excluding hydrogens is 585 g/mol. The summed E-state index contributed by atoms with van der Waals surface area (Å²) in [6.07, 6.45) is -2.15. The summed E-state index contributed by atoms with van der Waals surface area (Å²) in [5.74, 6) is -2.07. The third-order valence-corrected chi connectivity index (χ3v) is 10.5. The van der Waals surface area contributed by atoms with Crippen LogP contribution in [0.5, 0.6) is 0 Å². The average molecular weight is 608 g/mol. The van der Waals surface area contributed by atoms with Gasteiger partial charge in [-0.15, -0.1) is 0 Å². The fraction of sp³-hybridized carbons (Fsp3) is 0.480. The number of halogens is 6. The third kappa shape index (κ3) is 5.11. The zero-order valence-electron chi connectivity index (χ0n) is 20.5. The van der Waals surface area contributed by atoms with Crippen LogP contribution >= 0.6 is 23.2 Å². The SMILES string of the molecule is CC1(NC(=O)[C@@H]2C[C@@H](S(=O)(=O)c3cc(C(F)(F)F)ccc3Cl)CN2C(=O)C2(c3ncc(Cl)cc3F)CC2)CC1. The molecule has 0 bridgehead atoms. The molecule has 1 aromatic carbocycles. The first-order valence-corrected chi connectivity index (χ1v) is 14.4. The predicted molar refractivity (Wildman–Crippen MR) is 133 cm³/mol. The molecule has 2 saturated carbocycles. The van der Waals surface area contributed by atoms with Gasteiger partial charge in [0.15, 0.2) is 9.84 Å². The largest absolute Gasteiger partial charge is 0.416 e. The zero-order chi connectivity index (χ0) is 28.5. The Balaban J connectivity index is 1.51. The van der Waals surface area contributed by atoms with E-state index in [9.17, 15) is 35.6 Å². The van der Waals surface area contributed by atoms with E-state index in [0.717, 1.165) is 17.0 Å². The van der Waals surface area contributed by atoms with Crippen LogP contribution in [0.1, 0.15) is 50.3 Å². The Hall–Kier alpha value is -2.44. The average Bonchev–Trinajstić information content (AvgIpc) is 3.74. The molecule has 2 heterocycles. The second-order valence-electron chi connectivity index (χ2n) is 10.6. The van der Waals surface area contributed by atoms with Crippen LogP contribution in [0, 0.1) is 5.82 Å². The number of rotatable bonds is 6. The second-order valence-corrected chi connectivity index (χ2v) is 13.7. The lowest BCUT2D eigenvalue weighted by Gasteiger charge is -2.29. The lowest BCUT2D eigenvalue weighted by atomic mass is 9.98. The Kier molecular flexibility index (Phi) is 6.71. The molecule has 2 aromatic rings. The standard InChI is InChI=1S/C25H23Cl2F4N3O4S/c1-23(4-5-23)33-21(35)18-10-15(39(37,38)19-8-13(25(29,30)31)2-3-16(19)27)12-34(18)22(36)24(6-7-24)20-17(28)9-14(26)11-32-20/h2-3,8-9,11,15,18H,4-7,10,12H2,1H3,(H,33,35)/t15-,18+/m1/s1. The van der Waals surface area contributed by atoms with Crippen molar-refractivity contribution in [2.24, 2.45) is 0 Å². The Bertz CT molecular complexity index is 1480. The molecular formula is C25H23Cl2F4N3O4S. The van der Waals surface area contributed by atoms with E-state index in [4.69, 9.17) is 23.2 Å². The van der Waals surface area contributed by atoms with Gasteiger partial charge in [0.2, 0.25) is 11.8 Å². The first-order valence-electron chi connectivity index (χ1n) is 12.1. The highest BCUT2D eigenvalue weighted by Gasteiger charge is 2.59. The minimum atomic E-state index is -4.82. The molecule has 2 atom stereocenters. The summed E-state index contributed by atoms with van der Waals surface area (Å²) in [6.45, 7) is 1.32. The van der Waals surface area contributed by atoms with Crippen LogP contribution in [0.25, 0.3) is 0 Å². The second kappa shape index (κ2) is 9.31. The topological polar surface area (TPSA) is 96.4 Å². The van der Waals surface area contributed by atoms with E-state index < -0.39 is 77.9 Å². The smallest absolute Gasteiger partial charge is 0.349 e. The molecule has 0 radical (unpaired) electrons. The molecule has 210 valence electrons. The van der Waals surface area contributed by atoms with Gasteiger partial charge in [0, 0.05) is 18.3 Å². The van der Waals surface area contributed by atoms with Crippen molar-refractivity contribution in [2.45, 2.75) is 72.3 Å². The maximum Gasteiger partial charge on any atom is 0.416 e. The number of nitrogens with one attached hydrogen (secondary N) is 1. The Morgan fingerprint density at radius 3 is 2.36 bits per heavy atom. The number of carbonyl (C=O) groups excluding carboxylic acids is 2. The lowest BCUT2D eigenvalue weighted by molar-refractivity contribution is -0.140. The van der Waals surface area contributed by atoms with E-state index in [1.165, 1.54) is 6.20 Å². The zero-order valence-corrected chi connectivity index (χ0v) is 22.8. The van der Waals surface area contributed by atoms with Crippen molar-refractivity contribution in [1.82, 2.24) is 15.2 Å². The van der Waals surface area contributed by atoms with E-state index in [-0.39, 0.29) is 30.0 Å². The van der Waals surface area contributed by atoms with Crippen LogP contribution < -0.4 is 5.32 Å². The molecule has 1 aliphatic heterocycles. The van der Waals surface area contributed by atoms with Crippen molar-refractivity contribution < 1.29 is 35.6 Å². The minimum Gasteiger partial charge on any atom is -0.349 e. The number of nitrogens with zero attached hydrogens (tertiary/aromatic N) is 2. The Morgan fingerprint density at radius 1 is 1.13 bits per heavy atom. The van der Waals surface area contributed by atoms with Crippen molar-refractivity contribution >= 4 is 44.9 Å². The summed E-state index contributed by atoms with van der Waals surface area (Å²) < 4.78 is 82.0. The van der Waals surface area contributed by atoms with Crippen LogP contribution in [0.2, 0.25) is 10.0 Å². The maximum atomic E-state index is 14.8. The quantitative estimate of drug-likeness (QED) is 0.481. The summed E-state index contributed by atoms with van der Waals surface area (Å²) in [6, 6.07) is 1.75. The number of sulfone groups is 1. The van der Waals surface area contributed by atoms with Crippen molar-refractivity contribution in [3.8, 4) is 0 Å². The summed E-state index contributed by atoms with van der Waals surface area (Å²) in [5.41, 5.74) is -3.25. The van der Waals surface area contributed by atoms with Crippen molar-refractivity contribution in [1.29, 1.82) is 0 Å². The van der Waals surface area contributed by atoms with Gasteiger partial charge in [-0.3, -0.25) is 14.6 Å². The summed E-state index contributed by atoms with van der Waals surface area (Å²) in [5, 5.41) is 1.02. The van der Waals surface area contributed by atoms with E-state index in [1.807, 2.05) is 0 Å². The van der Waals surface area contributed by atoms with Gasteiger partial charge in [-0.2, -0.15) is 13.2 Å². The van der Waals surface area contributed by atoms with Crippen molar-refractivity contribution in [2.75, 3.05) is 6.54 Å². The van der Waals surface area contributed by atoms with Crippen molar-refractivity contribution in [3.63, 3.8) is 0 Å². The highest BCUT2D eigenvalue weighted by Crippen LogP contribution is 2.51. The normalized spacial score (nSPS) is 23.4. The molecule has 1 aromatic heterocycles. The van der Waals surface area contributed by atoms with E-state index in [2.05, 4.69) is 10.3 Å². The van der Waals surface area contributed by atoms with Gasteiger partial charge in [0.1, 0.15) is 11.9 Å². The molecule has 2 amide bonds. The highest BCUT2D eigenvalue weighted by atomic mass is 35.5.